The van der Waals surface area contributed by atoms with E-state index in [0.717, 1.165) is 41.1 Å². The molecule has 0 spiro atoms. The standard InChI is InChI=1S/C31H37N3O5S/c1-23-16-18-27(19-17-23)34(40(37,38)29-14-5-4-6-15-29)22-30(35)33(21-25-10-9-13-28(20-25)39-3)24(2)31(36)32-26-11-7-8-12-26/h4-6,9-10,13-20,24,26H,7-8,11-12,21-22H2,1-3H3,(H,32,36)/t24-/m0/s1. The Hall–Kier alpha value is -3.85. The maximum absolute atomic E-state index is 14.0. The number of hydrogen-bond donors (Lipinski definition) is 1. The van der Waals surface area contributed by atoms with Gasteiger partial charge in [-0.1, -0.05) is 60.9 Å². The molecule has 3 aromatic carbocycles. The molecule has 0 heterocycles. The highest BCUT2D eigenvalue weighted by atomic mass is 32.2. The number of nitrogens with one attached hydrogen (secondary N) is 1. The zero-order valence-corrected chi connectivity index (χ0v) is 24.1. The van der Waals surface area contributed by atoms with Gasteiger partial charge in [0.1, 0.15) is 18.3 Å². The molecule has 0 radical (unpaired) electrons. The number of sulfonamides is 1. The average molecular weight is 564 g/mol. The quantitative estimate of drug-likeness (QED) is 0.366. The van der Waals surface area contributed by atoms with E-state index in [1.807, 2.05) is 19.1 Å². The Morgan fingerprint density at radius 1 is 0.975 bits per heavy atom. The molecular weight excluding hydrogens is 526 g/mol. The molecule has 1 aliphatic rings. The van der Waals surface area contributed by atoms with Crippen molar-refractivity contribution in [2.45, 2.75) is 63.1 Å². The molecule has 0 aliphatic heterocycles. The first-order valence-electron chi connectivity index (χ1n) is 13.6. The summed E-state index contributed by atoms with van der Waals surface area (Å²) in [6.45, 7) is 3.24. The second kappa shape index (κ2) is 13.0. The summed E-state index contributed by atoms with van der Waals surface area (Å²) in [6, 6.07) is 21.6. The molecular formula is C31H37N3O5S. The summed E-state index contributed by atoms with van der Waals surface area (Å²) in [7, 11) is -2.52. The maximum atomic E-state index is 14.0. The first kappa shape index (κ1) is 29.1. The number of hydrogen-bond acceptors (Lipinski definition) is 5. The van der Waals surface area contributed by atoms with Crippen molar-refractivity contribution in [2.24, 2.45) is 0 Å². The van der Waals surface area contributed by atoms with Crippen LogP contribution in [0.3, 0.4) is 0 Å². The third-order valence-corrected chi connectivity index (χ3v) is 9.08. The minimum Gasteiger partial charge on any atom is -0.497 e. The highest BCUT2D eigenvalue weighted by molar-refractivity contribution is 7.92. The van der Waals surface area contributed by atoms with Crippen LogP contribution in [0, 0.1) is 6.92 Å². The van der Waals surface area contributed by atoms with E-state index < -0.39 is 28.5 Å². The molecule has 0 saturated heterocycles. The van der Waals surface area contributed by atoms with Crippen LogP contribution in [-0.4, -0.2) is 50.9 Å². The molecule has 0 aromatic heterocycles. The minimum absolute atomic E-state index is 0.0785. The van der Waals surface area contributed by atoms with Gasteiger partial charge in [0.05, 0.1) is 17.7 Å². The number of methoxy groups -OCH3 is 1. The van der Waals surface area contributed by atoms with Gasteiger partial charge in [0.15, 0.2) is 0 Å². The first-order valence-corrected chi connectivity index (χ1v) is 15.0. The zero-order chi connectivity index (χ0) is 28.7. The Balaban J connectivity index is 1.68. The maximum Gasteiger partial charge on any atom is 0.264 e. The van der Waals surface area contributed by atoms with E-state index >= 15 is 0 Å². The summed E-state index contributed by atoms with van der Waals surface area (Å²) < 4.78 is 34.1. The Morgan fingerprint density at radius 2 is 1.65 bits per heavy atom. The van der Waals surface area contributed by atoms with E-state index in [2.05, 4.69) is 5.32 Å². The highest BCUT2D eigenvalue weighted by Gasteiger charge is 2.33. The third-order valence-electron chi connectivity index (χ3n) is 7.29. The van der Waals surface area contributed by atoms with E-state index in [-0.39, 0.29) is 23.4 Å². The smallest absolute Gasteiger partial charge is 0.264 e. The van der Waals surface area contributed by atoms with Crippen LogP contribution >= 0.6 is 0 Å². The predicted molar refractivity (Wildman–Crippen MR) is 156 cm³/mol. The van der Waals surface area contributed by atoms with E-state index in [1.54, 1.807) is 68.6 Å². The summed E-state index contributed by atoms with van der Waals surface area (Å²) in [5, 5.41) is 3.08. The van der Waals surface area contributed by atoms with Gasteiger partial charge in [-0.05, 0) is 68.7 Å². The number of aryl methyl sites for hydroxylation is 1. The van der Waals surface area contributed by atoms with Gasteiger partial charge in [-0.3, -0.25) is 13.9 Å². The number of rotatable bonds is 11. The molecule has 0 unspecified atom stereocenters. The van der Waals surface area contributed by atoms with Crippen molar-refractivity contribution in [1.29, 1.82) is 0 Å². The molecule has 1 atom stereocenters. The van der Waals surface area contributed by atoms with Crippen LogP contribution in [0.4, 0.5) is 5.69 Å². The van der Waals surface area contributed by atoms with E-state index in [1.165, 1.54) is 17.0 Å². The van der Waals surface area contributed by atoms with Crippen LogP contribution in [0.2, 0.25) is 0 Å². The van der Waals surface area contributed by atoms with Crippen LogP contribution < -0.4 is 14.4 Å². The Bertz CT molecular complexity index is 1400. The second-order valence-electron chi connectivity index (χ2n) is 10.2. The van der Waals surface area contributed by atoms with Crippen LogP contribution in [0.1, 0.15) is 43.7 Å². The third kappa shape index (κ3) is 7.01. The number of benzene rings is 3. The van der Waals surface area contributed by atoms with Gasteiger partial charge in [0, 0.05) is 12.6 Å². The summed E-state index contributed by atoms with van der Waals surface area (Å²) in [6.07, 6.45) is 3.96. The Labute approximate surface area is 237 Å². The fraction of sp³-hybridized carbons (Fsp3) is 0.355. The van der Waals surface area contributed by atoms with Gasteiger partial charge >= 0.3 is 0 Å². The molecule has 3 aromatic rings. The molecule has 1 N–H and O–H groups in total. The Kier molecular flexibility index (Phi) is 9.47. The van der Waals surface area contributed by atoms with Crippen molar-refractivity contribution in [3.8, 4) is 5.75 Å². The summed E-state index contributed by atoms with van der Waals surface area (Å²) >= 11 is 0. The number of nitrogens with zero attached hydrogens (tertiary/aromatic N) is 2. The van der Waals surface area contributed by atoms with Crippen molar-refractivity contribution in [3.63, 3.8) is 0 Å². The van der Waals surface area contributed by atoms with Gasteiger partial charge in [0.2, 0.25) is 11.8 Å². The van der Waals surface area contributed by atoms with Crippen molar-refractivity contribution in [3.05, 3.63) is 90.0 Å². The second-order valence-corrected chi connectivity index (χ2v) is 12.1. The topological polar surface area (TPSA) is 96.0 Å². The summed E-state index contributed by atoms with van der Waals surface area (Å²) in [5.74, 6) is -0.117. The Morgan fingerprint density at radius 3 is 2.30 bits per heavy atom. The fourth-order valence-electron chi connectivity index (χ4n) is 4.90. The van der Waals surface area contributed by atoms with Gasteiger partial charge in [-0.25, -0.2) is 8.42 Å². The lowest BCUT2D eigenvalue weighted by molar-refractivity contribution is -0.139. The molecule has 0 bridgehead atoms. The molecule has 1 aliphatic carbocycles. The number of carbonyl (C=O) groups excluding carboxylic acids is 2. The lowest BCUT2D eigenvalue weighted by Crippen LogP contribution is -2.52. The summed E-state index contributed by atoms with van der Waals surface area (Å²) in [5.41, 5.74) is 2.09. The van der Waals surface area contributed by atoms with Gasteiger partial charge in [-0.2, -0.15) is 0 Å². The normalized spacial score (nSPS) is 14.4. The molecule has 9 heteroatoms. The van der Waals surface area contributed by atoms with Crippen molar-refractivity contribution in [2.75, 3.05) is 18.0 Å². The van der Waals surface area contributed by atoms with E-state index in [0.29, 0.717) is 11.4 Å². The predicted octanol–water partition coefficient (Wildman–Crippen LogP) is 4.68. The number of ether oxygens (including phenoxy) is 1. The molecule has 212 valence electrons. The van der Waals surface area contributed by atoms with E-state index in [9.17, 15) is 18.0 Å². The molecule has 8 nitrogen and oxygen atoms in total. The summed E-state index contributed by atoms with van der Waals surface area (Å²) in [4.78, 5) is 28.9. The van der Waals surface area contributed by atoms with Crippen LogP contribution in [0.5, 0.6) is 5.75 Å². The van der Waals surface area contributed by atoms with Gasteiger partial charge < -0.3 is 15.0 Å². The molecule has 1 fully saturated rings. The zero-order valence-electron chi connectivity index (χ0n) is 23.2. The lowest BCUT2D eigenvalue weighted by Gasteiger charge is -2.32. The first-order chi connectivity index (χ1) is 19.2. The van der Waals surface area contributed by atoms with Crippen molar-refractivity contribution in [1.82, 2.24) is 10.2 Å². The molecule has 1 saturated carbocycles. The molecule has 4 rings (SSSR count). The van der Waals surface area contributed by atoms with Gasteiger partial charge in [-0.15, -0.1) is 0 Å². The van der Waals surface area contributed by atoms with Crippen molar-refractivity contribution >= 4 is 27.5 Å². The minimum atomic E-state index is -4.08. The van der Waals surface area contributed by atoms with Crippen molar-refractivity contribution < 1.29 is 22.7 Å². The van der Waals surface area contributed by atoms with E-state index in [4.69, 9.17) is 4.74 Å². The number of amides is 2. The van der Waals surface area contributed by atoms with Crippen LogP contribution in [0.15, 0.2) is 83.8 Å². The molecule has 2 amide bonds. The van der Waals surface area contributed by atoms with Gasteiger partial charge in [0.25, 0.3) is 10.0 Å². The monoisotopic (exact) mass is 563 g/mol. The fourth-order valence-corrected chi connectivity index (χ4v) is 6.34. The van der Waals surface area contributed by atoms with Crippen LogP contribution in [0.25, 0.3) is 0 Å². The highest BCUT2D eigenvalue weighted by Crippen LogP contribution is 2.25. The molecule has 40 heavy (non-hydrogen) atoms. The lowest BCUT2D eigenvalue weighted by atomic mass is 10.1. The average Bonchev–Trinajstić information content (AvgIpc) is 3.48. The largest absolute Gasteiger partial charge is 0.497 e. The van der Waals surface area contributed by atoms with Crippen LogP contribution in [-0.2, 0) is 26.2 Å². The number of carbonyl (C=O) groups is 2. The number of anilines is 1. The SMILES string of the molecule is COc1cccc(CN(C(=O)CN(c2ccc(C)cc2)S(=O)(=O)c2ccccc2)[C@@H](C)C(=O)NC2CCCC2)c1.